The van der Waals surface area contributed by atoms with Gasteiger partial charge in [-0.1, -0.05) is 34.1 Å². The van der Waals surface area contributed by atoms with Crippen molar-refractivity contribution in [3.05, 3.63) is 58.1 Å². The molecular formula is C17H20BrNO. The average Bonchev–Trinajstić information content (AvgIpc) is 2.39. The van der Waals surface area contributed by atoms with Gasteiger partial charge in [-0.3, -0.25) is 0 Å². The lowest BCUT2D eigenvalue weighted by Gasteiger charge is -2.24. The fourth-order valence-corrected chi connectivity index (χ4v) is 3.03. The molecule has 2 rings (SSSR count). The second-order valence-corrected chi connectivity index (χ2v) is 5.82. The van der Waals surface area contributed by atoms with Crippen molar-refractivity contribution in [3.63, 3.8) is 0 Å². The molecule has 0 aromatic heterocycles. The normalized spacial score (nSPS) is 12.2. The van der Waals surface area contributed by atoms with Gasteiger partial charge in [-0.25, -0.2) is 0 Å². The molecular weight excluding hydrogens is 314 g/mol. The fourth-order valence-electron chi connectivity index (χ4n) is 2.33. The zero-order valence-corrected chi connectivity index (χ0v) is 13.7. The maximum atomic E-state index is 9.70. The number of rotatable bonds is 4. The summed E-state index contributed by atoms with van der Waals surface area (Å²) in [7, 11) is 0. The Morgan fingerprint density at radius 2 is 1.85 bits per heavy atom. The highest BCUT2D eigenvalue weighted by atomic mass is 79.9. The molecule has 106 valence electrons. The Morgan fingerprint density at radius 3 is 2.40 bits per heavy atom. The zero-order chi connectivity index (χ0) is 14.7. The number of aryl methyl sites for hydroxylation is 1. The molecule has 0 bridgehead atoms. The minimum absolute atomic E-state index is 0.465. The number of anilines is 2. The SMILES string of the molecule is CCN(c1cccc(C)c1)c1ccc([C@@H](C)O)c(Br)c1. The van der Waals surface area contributed by atoms with Crippen LogP contribution in [-0.4, -0.2) is 11.7 Å². The summed E-state index contributed by atoms with van der Waals surface area (Å²) in [6, 6.07) is 14.6. The first-order valence-electron chi connectivity index (χ1n) is 6.84. The van der Waals surface area contributed by atoms with Crippen molar-refractivity contribution < 1.29 is 5.11 Å². The lowest BCUT2D eigenvalue weighted by Crippen LogP contribution is -2.16. The van der Waals surface area contributed by atoms with Gasteiger partial charge in [0.2, 0.25) is 0 Å². The molecule has 3 heteroatoms. The van der Waals surface area contributed by atoms with E-state index in [2.05, 4.69) is 71.1 Å². The number of halogens is 1. The minimum Gasteiger partial charge on any atom is -0.389 e. The van der Waals surface area contributed by atoms with E-state index in [9.17, 15) is 5.11 Å². The van der Waals surface area contributed by atoms with Gasteiger partial charge >= 0.3 is 0 Å². The molecule has 0 unspecified atom stereocenters. The molecule has 1 atom stereocenters. The van der Waals surface area contributed by atoms with Crippen LogP contribution < -0.4 is 4.90 Å². The Kier molecular flexibility index (Phi) is 4.84. The molecule has 0 spiro atoms. The molecule has 0 aliphatic carbocycles. The molecule has 20 heavy (non-hydrogen) atoms. The number of benzene rings is 2. The van der Waals surface area contributed by atoms with Crippen molar-refractivity contribution in [1.29, 1.82) is 0 Å². The van der Waals surface area contributed by atoms with Gasteiger partial charge in [-0.15, -0.1) is 0 Å². The van der Waals surface area contributed by atoms with E-state index in [1.165, 1.54) is 11.3 Å². The highest BCUT2D eigenvalue weighted by Crippen LogP contribution is 2.32. The predicted octanol–water partition coefficient (Wildman–Crippen LogP) is 4.97. The third-order valence-corrected chi connectivity index (χ3v) is 4.06. The second kappa shape index (κ2) is 6.42. The fraction of sp³-hybridized carbons (Fsp3) is 0.294. The van der Waals surface area contributed by atoms with Gasteiger partial charge in [0.25, 0.3) is 0 Å². The van der Waals surface area contributed by atoms with E-state index in [0.717, 1.165) is 22.3 Å². The molecule has 0 saturated heterocycles. The van der Waals surface area contributed by atoms with Gasteiger partial charge < -0.3 is 10.0 Å². The summed E-state index contributed by atoms with van der Waals surface area (Å²) < 4.78 is 0.941. The maximum Gasteiger partial charge on any atom is 0.0772 e. The topological polar surface area (TPSA) is 23.5 Å². The molecule has 0 aliphatic heterocycles. The monoisotopic (exact) mass is 333 g/mol. The highest BCUT2D eigenvalue weighted by Gasteiger charge is 2.11. The quantitative estimate of drug-likeness (QED) is 0.853. The van der Waals surface area contributed by atoms with E-state index in [4.69, 9.17) is 0 Å². The molecule has 0 fully saturated rings. The van der Waals surface area contributed by atoms with Crippen molar-refractivity contribution in [3.8, 4) is 0 Å². The van der Waals surface area contributed by atoms with Crippen LogP contribution >= 0.6 is 15.9 Å². The minimum atomic E-state index is -0.465. The van der Waals surface area contributed by atoms with E-state index in [0.29, 0.717) is 0 Å². The zero-order valence-electron chi connectivity index (χ0n) is 12.1. The van der Waals surface area contributed by atoms with Crippen LogP contribution in [0.15, 0.2) is 46.9 Å². The van der Waals surface area contributed by atoms with Gasteiger partial charge in [0, 0.05) is 22.4 Å². The Morgan fingerprint density at radius 1 is 1.15 bits per heavy atom. The van der Waals surface area contributed by atoms with E-state index >= 15 is 0 Å². The highest BCUT2D eigenvalue weighted by molar-refractivity contribution is 9.10. The van der Waals surface area contributed by atoms with Crippen LogP contribution in [0, 0.1) is 6.92 Å². The molecule has 0 amide bonds. The summed E-state index contributed by atoms with van der Waals surface area (Å²) in [6.45, 7) is 6.91. The first-order chi connectivity index (χ1) is 9.52. The Balaban J connectivity index is 2.40. The summed E-state index contributed by atoms with van der Waals surface area (Å²) in [6.07, 6.45) is -0.465. The summed E-state index contributed by atoms with van der Waals surface area (Å²) in [5, 5.41) is 9.70. The maximum absolute atomic E-state index is 9.70. The molecule has 2 aromatic rings. The van der Waals surface area contributed by atoms with Gasteiger partial charge in [0.05, 0.1) is 6.10 Å². The van der Waals surface area contributed by atoms with Gasteiger partial charge in [0.1, 0.15) is 0 Å². The molecule has 0 heterocycles. The summed E-state index contributed by atoms with van der Waals surface area (Å²) in [5.41, 5.74) is 4.47. The second-order valence-electron chi connectivity index (χ2n) is 4.97. The molecule has 2 aromatic carbocycles. The third kappa shape index (κ3) is 3.22. The largest absolute Gasteiger partial charge is 0.389 e. The summed E-state index contributed by atoms with van der Waals surface area (Å²) >= 11 is 3.55. The van der Waals surface area contributed by atoms with Crippen LogP contribution in [0.1, 0.15) is 31.1 Å². The van der Waals surface area contributed by atoms with Crippen LogP contribution in [0.3, 0.4) is 0 Å². The van der Waals surface area contributed by atoms with Crippen molar-refractivity contribution in [2.24, 2.45) is 0 Å². The lowest BCUT2D eigenvalue weighted by molar-refractivity contribution is 0.198. The van der Waals surface area contributed by atoms with E-state index in [1.54, 1.807) is 6.92 Å². The van der Waals surface area contributed by atoms with Crippen molar-refractivity contribution in [2.45, 2.75) is 26.9 Å². The van der Waals surface area contributed by atoms with Crippen molar-refractivity contribution in [1.82, 2.24) is 0 Å². The van der Waals surface area contributed by atoms with Crippen molar-refractivity contribution in [2.75, 3.05) is 11.4 Å². The van der Waals surface area contributed by atoms with Gasteiger partial charge in [-0.05, 0) is 56.2 Å². The van der Waals surface area contributed by atoms with Crippen molar-refractivity contribution >= 4 is 27.3 Å². The molecule has 2 nitrogen and oxygen atoms in total. The van der Waals surface area contributed by atoms with Gasteiger partial charge in [-0.2, -0.15) is 0 Å². The van der Waals surface area contributed by atoms with Crippen LogP contribution in [0.4, 0.5) is 11.4 Å². The molecule has 1 N–H and O–H groups in total. The number of hydrogen-bond acceptors (Lipinski definition) is 2. The van der Waals surface area contributed by atoms with E-state index in [1.807, 2.05) is 6.07 Å². The van der Waals surface area contributed by atoms with Crippen LogP contribution in [-0.2, 0) is 0 Å². The Labute approximate surface area is 129 Å². The Hall–Kier alpha value is -1.32. The van der Waals surface area contributed by atoms with Crippen LogP contribution in [0.25, 0.3) is 0 Å². The Bertz CT molecular complexity index is 595. The molecule has 0 radical (unpaired) electrons. The first kappa shape index (κ1) is 15.1. The standard InChI is InChI=1S/C17H20BrNO/c1-4-19(14-7-5-6-12(2)10-14)15-8-9-16(13(3)20)17(18)11-15/h5-11,13,20H,4H2,1-3H3/t13-/m1/s1. The molecule has 0 saturated carbocycles. The number of nitrogens with zero attached hydrogens (tertiary/aromatic N) is 1. The predicted molar refractivity (Wildman–Crippen MR) is 88.6 cm³/mol. The average molecular weight is 334 g/mol. The van der Waals surface area contributed by atoms with Crippen LogP contribution in [0.5, 0.6) is 0 Å². The number of aliphatic hydroxyl groups is 1. The smallest absolute Gasteiger partial charge is 0.0772 e. The van der Waals surface area contributed by atoms with Gasteiger partial charge in [0.15, 0.2) is 0 Å². The lowest BCUT2D eigenvalue weighted by atomic mass is 10.1. The first-order valence-corrected chi connectivity index (χ1v) is 7.64. The number of aliphatic hydroxyl groups excluding tert-OH is 1. The summed E-state index contributed by atoms with van der Waals surface area (Å²) in [5.74, 6) is 0. The molecule has 0 aliphatic rings. The van der Waals surface area contributed by atoms with Crippen LogP contribution in [0.2, 0.25) is 0 Å². The number of hydrogen-bond donors (Lipinski definition) is 1. The summed E-state index contributed by atoms with van der Waals surface area (Å²) in [4.78, 5) is 2.25. The third-order valence-electron chi connectivity index (χ3n) is 3.38. The van der Waals surface area contributed by atoms with E-state index in [-0.39, 0.29) is 0 Å². The van der Waals surface area contributed by atoms with E-state index < -0.39 is 6.10 Å².